The van der Waals surface area contributed by atoms with Gasteiger partial charge in [0.1, 0.15) is 5.82 Å². The van der Waals surface area contributed by atoms with E-state index < -0.39 is 0 Å². The van der Waals surface area contributed by atoms with E-state index in [9.17, 15) is 4.79 Å². The van der Waals surface area contributed by atoms with Gasteiger partial charge in [-0.25, -0.2) is 4.98 Å². The summed E-state index contributed by atoms with van der Waals surface area (Å²) in [6.45, 7) is 6.82. The molecule has 2 heterocycles. The van der Waals surface area contributed by atoms with Gasteiger partial charge in [0, 0.05) is 31.9 Å². The average molecular weight is 290 g/mol. The lowest BCUT2D eigenvalue weighted by Crippen LogP contribution is -2.35. The van der Waals surface area contributed by atoms with Crippen LogP contribution in [0.15, 0.2) is 18.3 Å². The zero-order valence-corrected chi connectivity index (χ0v) is 13.5. The first kappa shape index (κ1) is 15.8. The first-order valence-corrected chi connectivity index (χ1v) is 7.68. The molecule has 5 nitrogen and oxygen atoms in total. The molecule has 0 saturated carbocycles. The topological polar surface area (TPSA) is 48.5 Å². The Morgan fingerprint density at radius 1 is 1.43 bits per heavy atom. The quantitative estimate of drug-likeness (QED) is 0.900. The molecule has 1 aliphatic heterocycles. The summed E-state index contributed by atoms with van der Waals surface area (Å²) in [5, 5.41) is 3.22. The molecule has 0 aromatic carbocycles. The van der Waals surface area contributed by atoms with E-state index >= 15 is 0 Å². The number of nitrogens with zero attached hydrogens (tertiary/aromatic N) is 3. The van der Waals surface area contributed by atoms with Gasteiger partial charge >= 0.3 is 0 Å². The van der Waals surface area contributed by atoms with Crippen molar-refractivity contribution in [3.8, 4) is 0 Å². The number of amides is 1. The largest absolute Gasteiger partial charge is 0.370 e. The molecule has 2 rings (SSSR count). The number of hydrogen-bond acceptors (Lipinski definition) is 4. The maximum Gasteiger partial charge on any atom is 0.255 e. The van der Waals surface area contributed by atoms with Gasteiger partial charge in [0.05, 0.1) is 5.56 Å². The van der Waals surface area contributed by atoms with Crippen LogP contribution >= 0.6 is 0 Å². The second-order valence-corrected chi connectivity index (χ2v) is 6.08. The Labute approximate surface area is 127 Å². The average Bonchev–Trinajstić information content (AvgIpc) is 2.87. The lowest BCUT2D eigenvalue weighted by atomic mass is 10.1. The highest BCUT2D eigenvalue weighted by Gasteiger charge is 2.33. The molecule has 0 spiro atoms. The van der Waals surface area contributed by atoms with Crippen molar-refractivity contribution in [2.45, 2.75) is 26.3 Å². The summed E-state index contributed by atoms with van der Waals surface area (Å²) in [6, 6.07) is 4.18. The Morgan fingerprint density at radius 3 is 2.71 bits per heavy atom. The molecule has 1 aromatic heterocycles. The van der Waals surface area contributed by atoms with E-state index in [1.54, 1.807) is 6.20 Å². The Morgan fingerprint density at radius 2 is 2.19 bits per heavy atom. The van der Waals surface area contributed by atoms with Crippen LogP contribution in [0.3, 0.4) is 0 Å². The molecule has 5 heteroatoms. The van der Waals surface area contributed by atoms with Crippen LogP contribution in [0.2, 0.25) is 0 Å². The maximum absolute atomic E-state index is 12.5. The zero-order valence-electron chi connectivity index (χ0n) is 13.5. The highest BCUT2D eigenvalue weighted by atomic mass is 16.2. The second-order valence-electron chi connectivity index (χ2n) is 6.08. The highest BCUT2D eigenvalue weighted by Crippen LogP contribution is 2.22. The molecule has 1 N–H and O–H groups in total. The number of anilines is 1. The van der Waals surface area contributed by atoms with Gasteiger partial charge in [-0.15, -0.1) is 0 Å². The number of hydrogen-bond donors (Lipinski definition) is 1. The number of likely N-dealkylation sites (tertiary alicyclic amines) is 1. The molecule has 116 valence electrons. The summed E-state index contributed by atoms with van der Waals surface area (Å²) >= 11 is 0. The lowest BCUT2D eigenvalue weighted by Gasteiger charge is -2.22. The normalized spacial score (nSPS) is 21.9. The van der Waals surface area contributed by atoms with Gasteiger partial charge in [0.15, 0.2) is 0 Å². The van der Waals surface area contributed by atoms with Crippen LogP contribution in [-0.4, -0.2) is 60.5 Å². The minimum atomic E-state index is 0.0840. The number of carbonyl (C=O) groups excluding carboxylic acids is 1. The van der Waals surface area contributed by atoms with Crippen molar-refractivity contribution in [1.82, 2.24) is 14.8 Å². The van der Waals surface area contributed by atoms with E-state index in [0.29, 0.717) is 17.5 Å². The Kier molecular flexibility index (Phi) is 5.17. The Bertz CT molecular complexity index is 472. The molecule has 2 unspecified atom stereocenters. The van der Waals surface area contributed by atoms with Crippen LogP contribution in [0.5, 0.6) is 0 Å². The molecular formula is C16H26N4O. The number of carbonyl (C=O) groups is 1. The molecule has 1 fully saturated rings. The zero-order chi connectivity index (χ0) is 15.4. The Balaban J connectivity index is 2.00. The molecule has 1 aliphatic rings. The van der Waals surface area contributed by atoms with Crippen LogP contribution < -0.4 is 5.32 Å². The van der Waals surface area contributed by atoms with Gasteiger partial charge in [-0.2, -0.15) is 0 Å². The highest BCUT2D eigenvalue weighted by molar-refractivity contribution is 5.94. The van der Waals surface area contributed by atoms with Crippen molar-refractivity contribution in [3.63, 3.8) is 0 Å². The predicted molar refractivity (Wildman–Crippen MR) is 85.6 cm³/mol. The van der Waals surface area contributed by atoms with Crippen LogP contribution in [0.4, 0.5) is 5.82 Å². The number of aromatic nitrogens is 1. The fourth-order valence-electron chi connectivity index (χ4n) is 2.85. The number of likely N-dealkylation sites (N-methyl/N-ethyl adjacent to an activating group) is 1. The molecule has 0 radical (unpaired) electrons. The van der Waals surface area contributed by atoms with Gasteiger partial charge in [0.2, 0.25) is 0 Å². The molecule has 0 aliphatic carbocycles. The molecule has 1 amide bonds. The van der Waals surface area contributed by atoms with Crippen LogP contribution in [0.25, 0.3) is 0 Å². The van der Waals surface area contributed by atoms with Crippen molar-refractivity contribution in [1.29, 1.82) is 0 Å². The first-order chi connectivity index (χ1) is 10.0. The van der Waals surface area contributed by atoms with Gasteiger partial charge in [-0.3, -0.25) is 4.79 Å². The van der Waals surface area contributed by atoms with Crippen molar-refractivity contribution in [2.24, 2.45) is 5.92 Å². The van der Waals surface area contributed by atoms with Crippen LogP contribution in [-0.2, 0) is 0 Å². The van der Waals surface area contributed by atoms with Gasteiger partial charge in [-0.1, -0.05) is 13.8 Å². The summed E-state index contributed by atoms with van der Waals surface area (Å²) in [4.78, 5) is 21.0. The predicted octanol–water partition coefficient (Wildman–Crippen LogP) is 1.93. The maximum atomic E-state index is 12.5. The van der Waals surface area contributed by atoms with Gasteiger partial charge in [0.25, 0.3) is 5.91 Å². The third-order valence-electron chi connectivity index (χ3n) is 4.09. The van der Waals surface area contributed by atoms with E-state index in [-0.39, 0.29) is 5.91 Å². The second kappa shape index (κ2) is 6.89. The summed E-state index contributed by atoms with van der Waals surface area (Å²) in [7, 11) is 4.15. The third-order valence-corrected chi connectivity index (χ3v) is 4.09. The lowest BCUT2D eigenvalue weighted by molar-refractivity contribution is 0.0781. The third kappa shape index (κ3) is 3.73. The summed E-state index contributed by atoms with van der Waals surface area (Å²) in [5.74, 6) is 1.41. The minimum absolute atomic E-state index is 0.0840. The van der Waals surface area contributed by atoms with E-state index in [1.807, 2.05) is 17.0 Å². The Hall–Kier alpha value is -1.62. The summed E-state index contributed by atoms with van der Waals surface area (Å²) < 4.78 is 0. The van der Waals surface area contributed by atoms with Crippen LogP contribution in [0, 0.1) is 5.92 Å². The van der Waals surface area contributed by atoms with E-state index in [2.05, 4.69) is 43.1 Å². The number of nitrogens with one attached hydrogen (secondary N) is 1. The molecule has 1 aromatic rings. The summed E-state index contributed by atoms with van der Waals surface area (Å²) in [6.07, 6.45) is 2.73. The molecule has 21 heavy (non-hydrogen) atoms. The molecule has 1 saturated heterocycles. The molecule has 2 atom stereocenters. The van der Waals surface area contributed by atoms with E-state index in [4.69, 9.17) is 0 Å². The smallest absolute Gasteiger partial charge is 0.255 e. The molecule has 0 bridgehead atoms. The van der Waals surface area contributed by atoms with E-state index in [1.165, 1.54) is 0 Å². The van der Waals surface area contributed by atoms with Gasteiger partial charge in [-0.05, 0) is 38.6 Å². The molecular weight excluding hydrogens is 264 g/mol. The van der Waals surface area contributed by atoms with Crippen molar-refractivity contribution in [3.05, 3.63) is 23.9 Å². The van der Waals surface area contributed by atoms with Gasteiger partial charge < -0.3 is 15.1 Å². The number of rotatable bonds is 5. The van der Waals surface area contributed by atoms with Crippen molar-refractivity contribution in [2.75, 3.05) is 39.0 Å². The van der Waals surface area contributed by atoms with Crippen molar-refractivity contribution >= 4 is 11.7 Å². The SMILES string of the molecule is CCCNc1ccc(C(=O)N2CC(C)C(N(C)C)C2)cn1. The van der Waals surface area contributed by atoms with E-state index in [0.717, 1.165) is 31.9 Å². The first-order valence-electron chi connectivity index (χ1n) is 7.68. The minimum Gasteiger partial charge on any atom is -0.370 e. The summed E-state index contributed by atoms with van der Waals surface area (Å²) in [5.41, 5.74) is 0.670. The standard InChI is InChI=1S/C16H26N4O/c1-5-8-17-15-7-6-13(9-18-15)16(21)20-10-12(2)14(11-20)19(3)4/h6-7,9,12,14H,5,8,10-11H2,1-4H3,(H,17,18). The monoisotopic (exact) mass is 290 g/mol. The van der Waals surface area contributed by atoms with Crippen LogP contribution in [0.1, 0.15) is 30.6 Å². The fraction of sp³-hybridized carbons (Fsp3) is 0.625. The number of pyridine rings is 1. The fourth-order valence-corrected chi connectivity index (χ4v) is 2.85. The van der Waals surface area contributed by atoms with Crippen molar-refractivity contribution < 1.29 is 4.79 Å².